The third-order valence-corrected chi connectivity index (χ3v) is 4.16. The highest BCUT2D eigenvalue weighted by atomic mass is 16.5. The summed E-state index contributed by atoms with van der Waals surface area (Å²) in [5, 5.41) is 6.36. The van der Waals surface area contributed by atoms with Gasteiger partial charge in [0.15, 0.2) is 0 Å². The minimum Gasteiger partial charge on any atom is -0.376 e. The Kier molecular flexibility index (Phi) is 5.45. The summed E-state index contributed by atoms with van der Waals surface area (Å²) in [5.74, 6) is 0.315. The molecule has 2 rings (SSSR count). The van der Waals surface area contributed by atoms with Gasteiger partial charge >= 0.3 is 0 Å². The van der Waals surface area contributed by atoms with E-state index in [2.05, 4.69) is 17.6 Å². The smallest absolute Gasteiger partial charge is 0.224 e. The van der Waals surface area contributed by atoms with Crippen molar-refractivity contribution in [1.29, 1.82) is 0 Å². The fourth-order valence-corrected chi connectivity index (χ4v) is 2.99. The second-order valence-corrected chi connectivity index (χ2v) is 5.56. The lowest BCUT2D eigenvalue weighted by Crippen LogP contribution is -2.47. The van der Waals surface area contributed by atoms with Crippen LogP contribution < -0.4 is 10.6 Å². The summed E-state index contributed by atoms with van der Waals surface area (Å²) in [4.78, 5) is 12.0. The third kappa shape index (κ3) is 3.95. The molecule has 0 aromatic rings. The molecule has 2 N–H and O–H groups in total. The van der Waals surface area contributed by atoms with Gasteiger partial charge in [0.1, 0.15) is 0 Å². The van der Waals surface area contributed by atoms with E-state index in [9.17, 15) is 4.79 Å². The topological polar surface area (TPSA) is 50.4 Å². The lowest BCUT2D eigenvalue weighted by Gasteiger charge is -2.28. The number of piperidine rings is 1. The Balaban J connectivity index is 1.58. The molecule has 2 fully saturated rings. The molecule has 2 aliphatic rings. The van der Waals surface area contributed by atoms with Crippen LogP contribution in [0.1, 0.15) is 45.4 Å². The van der Waals surface area contributed by atoms with E-state index in [0.29, 0.717) is 25.3 Å². The second-order valence-electron chi connectivity index (χ2n) is 5.56. The molecule has 1 saturated heterocycles. The molecule has 18 heavy (non-hydrogen) atoms. The maximum Gasteiger partial charge on any atom is 0.224 e. The molecule has 0 spiro atoms. The normalized spacial score (nSPS) is 29.4. The van der Waals surface area contributed by atoms with E-state index in [1.165, 1.54) is 25.7 Å². The predicted molar refractivity (Wildman–Crippen MR) is 71.4 cm³/mol. The van der Waals surface area contributed by atoms with Crippen LogP contribution in [-0.2, 0) is 9.53 Å². The molecule has 1 aliphatic carbocycles. The van der Waals surface area contributed by atoms with Crippen LogP contribution in [0.4, 0.5) is 0 Å². The molecule has 2 atom stereocenters. The van der Waals surface area contributed by atoms with Crippen molar-refractivity contribution in [1.82, 2.24) is 10.6 Å². The molecule has 1 amide bonds. The zero-order valence-corrected chi connectivity index (χ0v) is 11.4. The monoisotopic (exact) mass is 254 g/mol. The van der Waals surface area contributed by atoms with Crippen LogP contribution in [0.15, 0.2) is 0 Å². The minimum atomic E-state index is 0.130. The Morgan fingerprint density at radius 3 is 2.78 bits per heavy atom. The second kappa shape index (κ2) is 7.10. The Bertz CT molecular complexity index is 265. The molecule has 2 unspecified atom stereocenters. The summed E-state index contributed by atoms with van der Waals surface area (Å²) in [6.45, 7) is 4.44. The number of hydrogen-bond acceptors (Lipinski definition) is 3. The molecule has 0 bridgehead atoms. The molecule has 0 aromatic carbocycles. The first-order valence-electron chi connectivity index (χ1n) is 7.40. The lowest BCUT2D eigenvalue weighted by molar-refractivity contribution is -0.126. The van der Waals surface area contributed by atoms with E-state index in [1.54, 1.807) is 0 Å². The maximum atomic E-state index is 12.0. The van der Waals surface area contributed by atoms with Gasteiger partial charge in [0.25, 0.3) is 0 Å². The summed E-state index contributed by atoms with van der Waals surface area (Å²) in [6.07, 6.45) is 7.52. The van der Waals surface area contributed by atoms with Crippen molar-refractivity contribution < 1.29 is 9.53 Å². The average molecular weight is 254 g/mol. The SMILES string of the molecule is CC1NCCCC1C(=O)NCCOC1CCCC1. The van der Waals surface area contributed by atoms with E-state index in [1.807, 2.05) is 0 Å². The van der Waals surface area contributed by atoms with Gasteiger partial charge in [-0.05, 0) is 39.2 Å². The van der Waals surface area contributed by atoms with Gasteiger partial charge in [-0.3, -0.25) is 4.79 Å². The molecule has 0 radical (unpaired) electrons. The van der Waals surface area contributed by atoms with Gasteiger partial charge in [0.05, 0.1) is 18.6 Å². The Labute approximate surface area is 110 Å². The first kappa shape index (κ1) is 13.8. The van der Waals surface area contributed by atoms with Crippen molar-refractivity contribution in [3.63, 3.8) is 0 Å². The van der Waals surface area contributed by atoms with Crippen LogP contribution in [0.2, 0.25) is 0 Å². The Morgan fingerprint density at radius 1 is 1.28 bits per heavy atom. The van der Waals surface area contributed by atoms with Crippen molar-refractivity contribution in [3.05, 3.63) is 0 Å². The molecule has 1 saturated carbocycles. The van der Waals surface area contributed by atoms with E-state index in [0.717, 1.165) is 19.4 Å². The number of ether oxygens (including phenoxy) is 1. The van der Waals surface area contributed by atoms with Crippen LogP contribution >= 0.6 is 0 Å². The van der Waals surface area contributed by atoms with Gasteiger partial charge in [0, 0.05) is 12.6 Å². The maximum absolute atomic E-state index is 12.0. The van der Waals surface area contributed by atoms with Gasteiger partial charge in [-0.2, -0.15) is 0 Å². The fraction of sp³-hybridized carbons (Fsp3) is 0.929. The zero-order valence-electron chi connectivity index (χ0n) is 11.4. The largest absolute Gasteiger partial charge is 0.376 e. The number of carbonyl (C=O) groups excluding carboxylic acids is 1. The first-order chi connectivity index (χ1) is 8.77. The van der Waals surface area contributed by atoms with E-state index < -0.39 is 0 Å². The number of rotatable bonds is 5. The van der Waals surface area contributed by atoms with Gasteiger partial charge in [-0.25, -0.2) is 0 Å². The minimum absolute atomic E-state index is 0.130. The summed E-state index contributed by atoms with van der Waals surface area (Å²) >= 11 is 0. The standard InChI is InChI=1S/C14H26N2O2/c1-11-13(7-4-8-15-11)14(17)16-9-10-18-12-5-2-3-6-12/h11-13,15H,2-10H2,1H3,(H,16,17). The van der Waals surface area contributed by atoms with E-state index in [-0.39, 0.29) is 11.8 Å². The van der Waals surface area contributed by atoms with Crippen molar-refractivity contribution in [3.8, 4) is 0 Å². The summed E-state index contributed by atoms with van der Waals surface area (Å²) in [5.41, 5.74) is 0. The molecule has 1 heterocycles. The molecular formula is C14H26N2O2. The molecule has 0 aromatic heterocycles. The van der Waals surface area contributed by atoms with Crippen molar-refractivity contribution in [2.24, 2.45) is 5.92 Å². The van der Waals surface area contributed by atoms with Crippen molar-refractivity contribution in [2.45, 2.75) is 57.6 Å². The van der Waals surface area contributed by atoms with Crippen LogP contribution in [0.25, 0.3) is 0 Å². The Morgan fingerprint density at radius 2 is 2.06 bits per heavy atom. The summed E-state index contributed by atoms with van der Waals surface area (Å²) in [6, 6.07) is 0.300. The van der Waals surface area contributed by atoms with Crippen molar-refractivity contribution >= 4 is 5.91 Å². The molecule has 104 valence electrons. The quantitative estimate of drug-likeness (QED) is 0.730. The predicted octanol–water partition coefficient (Wildman–Crippen LogP) is 1.45. The van der Waals surface area contributed by atoms with Gasteiger partial charge in [-0.1, -0.05) is 12.8 Å². The highest BCUT2D eigenvalue weighted by Crippen LogP contribution is 2.20. The van der Waals surface area contributed by atoms with Crippen LogP contribution in [0.3, 0.4) is 0 Å². The highest BCUT2D eigenvalue weighted by Gasteiger charge is 2.27. The average Bonchev–Trinajstić information content (AvgIpc) is 2.88. The molecule has 4 heteroatoms. The molecule has 1 aliphatic heterocycles. The zero-order chi connectivity index (χ0) is 12.8. The summed E-state index contributed by atoms with van der Waals surface area (Å²) in [7, 11) is 0. The number of nitrogens with one attached hydrogen (secondary N) is 2. The Hall–Kier alpha value is -0.610. The number of carbonyl (C=O) groups is 1. The van der Waals surface area contributed by atoms with Gasteiger partial charge in [-0.15, -0.1) is 0 Å². The van der Waals surface area contributed by atoms with Crippen molar-refractivity contribution in [2.75, 3.05) is 19.7 Å². The van der Waals surface area contributed by atoms with Gasteiger partial charge < -0.3 is 15.4 Å². The van der Waals surface area contributed by atoms with Gasteiger partial charge in [0.2, 0.25) is 5.91 Å². The molecule has 4 nitrogen and oxygen atoms in total. The van der Waals surface area contributed by atoms with E-state index in [4.69, 9.17) is 4.74 Å². The molecular weight excluding hydrogens is 228 g/mol. The first-order valence-corrected chi connectivity index (χ1v) is 7.40. The van der Waals surface area contributed by atoms with Crippen LogP contribution in [0, 0.1) is 5.92 Å². The van der Waals surface area contributed by atoms with E-state index >= 15 is 0 Å². The number of hydrogen-bond donors (Lipinski definition) is 2. The summed E-state index contributed by atoms with van der Waals surface area (Å²) < 4.78 is 5.74. The highest BCUT2D eigenvalue weighted by molar-refractivity contribution is 5.79. The number of amides is 1. The van der Waals surface area contributed by atoms with Crippen LogP contribution in [-0.4, -0.2) is 37.7 Å². The lowest BCUT2D eigenvalue weighted by atomic mass is 9.91. The fourth-order valence-electron chi connectivity index (χ4n) is 2.99. The third-order valence-electron chi connectivity index (χ3n) is 4.16. The van der Waals surface area contributed by atoms with Crippen LogP contribution in [0.5, 0.6) is 0 Å².